The number of nitrogens with zero attached hydrogens (tertiary/aromatic N) is 6. The van der Waals surface area contributed by atoms with E-state index in [1.807, 2.05) is 9.80 Å². The molecule has 0 aromatic carbocycles. The average Bonchev–Trinajstić information content (AvgIpc) is 3.17. The Hall–Kier alpha value is -2.43. The van der Waals surface area contributed by atoms with Gasteiger partial charge in [0.05, 0.1) is 0 Å². The van der Waals surface area contributed by atoms with E-state index in [1.165, 1.54) is 6.07 Å². The van der Waals surface area contributed by atoms with E-state index in [0.29, 0.717) is 38.3 Å². The van der Waals surface area contributed by atoms with E-state index in [-0.39, 0.29) is 30.0 Å². The van der Waals surface area contributed by atoms with Gasteiger partial charge in [0.1, 0.15) is 5.82 Å². The van der Waals surface area contributed by atoms with Crippen molar-refractivity contribution in [3.05, 3.63) is 18.0 Å². The summed E-state index contributed by atoms with van der Waals surface area (Å²) in [4.78, 5) is 16.6. The minimum atomic E-state index is -4.63. The van der Waals surface area contributed by atoms with Crippen LogP contribution < -0.4 is 4.90 Å². The second kappa shape index (κ2) is 7.77. The predicted molar refractivity (Wildman–Crippen MR) is 97.1 cm³/mol. The zero-order valence-electron chi connectivity index (χ0n) is 15.8. The molecule has 29 heavy (non-hydrogen) atoms. The van der Waals surface area contributed by atoms with Gasteiger partial charge in [0, 0.05) is 38.7 Å². The highest BCUT2D eigenvalue weighted by molar-refractivity contribution is 5.79. The normalized spacial score (nSPS) is 21.7. The molecule has 2 aliphatic heterocycles. The number of hydrogen-bond acceptors (Lipinski definition) is 6. The third-order valence-corrected chi connectivity index (χ3v) is 5.76. The fourth-order valence-corrected chi connectivity index (χ4v) is 4.15. The van der Waals surface area contributed by atoms with Crippen molar-refractivity contribution < 1.29 is 23.1 Å². The maximum absolute atomic E-state index is 13.1. The Kier molecular flexibility index (Phi) is 5.32. The van der Waals surface area contributed by atoms with Gasteiger partial charge < -0.3 is 14.9 Å². The molecule has 158 valence electrons. The summed E-state index contributed by atoms with van der Waals surface area (Å²) in [5, 5.41) is 20.1. The molecule has 0 aliphatic carbocycles. The van der Waals surface area contributed by atoms with Crippen LogP contribution in [0.3, 0.4) is 0 Å². The van der Waals surface area contributed by atoms with E-state index in [1.54, 1.807) is 6.07 Å². The van der Waals surface area contributed by atoms with Gasteiger partial charge in [-0.15, -0.1) is 15.3 Å². The topological polar surface area (TPSA) is 86.9 Å². The SMILES string of the molecule is O=C(C1CCN(c2ccc3nnc(C(F)(F)F)n3n2)CC1)N1CCCC(CO)C1. The summed E-state index contributed by atoms with van der Waals surface area (Å²) >= 11 is 0. The molecule has 1 atom stereocenters. The first-order chi connectivity index (χ1) is 13.9. The number of fused-ring (bicyclic) bond motifs is 1. The molecular formula is C18H23F3N6O2. The number of hydrogen-bond donors (Lipinski definition) is 1. The summed E-state index contributed by atoms with van der Waals surface area (Å²) in [6.45, 7) is 2.49. The number of anilines is 1. The van der Waals surface area contributed by atoms with Gasteiger partial charge in [-0.3, -0.25) is 4.79 Å². The van der Waals surface area contributed by atoms with Crippen LogP contribution >= 0.6 is 0 Å². The molecule has 2 aliphatic rings. The van der Waals surface area contributed by atoms with Crippen molar-refractivity contribution in [1.29, 1.82) is 0 Å². The fourth-order valence-electron chi connectivity index (χ4n) is 4.15. The van der Waals surface area contributed by atoms with Crippen molar-refractivity contribution in [2.75, 3.05) is 37.7 Å². The van der Waals surface area contributed by atoms with E-state index < -0.39 is 12.0 Å². The molecule has 2 fully saturated rings. The maximum atomic E-state index is 13.1. The van der Waals surface area contributed by atoms with E-state index in [9.17, 15) is 23.1 Å². The Morgan fingerprint density at radius 2 is 1.90 bits per heavy atom. The van der Waals surface area contributed by atoms with Crippen LogP contribution in [0.5, 0.6) is 0 Å². The Morgan fingerprint density at radius 1 is 1.14 bits per heavy atom. The number of alkyl halides is 3. The highest BCUT2D eigenvalue weighted by atomic mass is 19.4. The lowest BCUT2D eigenvalue weighted by molar-refractivity contribution is -0.146. The summed E-state index contributed by atoms with van der Waals surface area (Å²) in [5.41, 5.74) is 0.0367. The van der Waals surface area contributed by atoms with Crippen LogP contribution in [0.4, 0.5) is 19.0 Å². The molecule has 1 amide bonds. The second-order valence-electron chi connectivity index (χ2n) is 7.72. The molecule has 0 bridgehead atoms. The monoisotopic (exact) mass is 412 g/mol. The number of rotatable bonds is 3. The van der Waals surface area contributed by atoms with Crippen LogP contribution in [0, 0.1) is 11.8 Å². The molecule has 11 heteroatoms. The Bertz CT molecular complexity index is 878. The van der Waals surface area contributed by atoms with Gasteiger partial charge in [-0.2, -0.15) is 17.7 Å². The molecular weight excluding hydrogens is 389 g/mol. The summed E-state index contributed by atoms with van der Waals surface area (Å²) in [5.74, 6) is -0.581. The van der Waals surface area contributed by atoms with Gasteiger partial charge in [-0.1, -0.05) is 0 Å². The molecule has 2 aromatic heterocycles. The lowest BCUT2D eigenvalue weighted by Crippen LogP contribution is -2.47. The minimum Gasteiger partial charge on any atom is -0.396 e. The summed E-state index contributed by atoms with van der Waals surface area (Å²) < 4.78 is 39.9. The first kappa shape index (κ1) is 19.9. The van der Waals surface area contributed by atoms with Crippen LogP contribution in [0.25, 0.3) is 5.65 Å². The van der Waals surface area contributed by atoms with Gasteiger partial charge in [-0.05, 0) is 43.7 Å². The molecule has 0 saturated carbocycles. The molecule has 8 nitrogen and oxygen atoms in total. The molecule has 2 aromatic rings. The van der Waals surface area contributed by atoms with Crippen LogP contribution in [0.2, 0.25) is 0 Å². The molecule has 0 spiro atoms. The van der Waals surface area contributed by atoms with Crippen molar-refractivity contribution in [3.63, 3.8) is 0 Å². The standard InChI is InChI=1S/C18H23F3N6O2/c19-18(20,21)17-23-22-14-3-4-15(24-27(14)17)25-8-5-13(6-9-25)16(29)26-7-1-2-12(10-26)11-28/h3-4,12-13,28H,1-2,5-11H2. The lowest BCUT2D eigenvalue weighted by Gasteiger charge is -2.37. The predicted octanol–water partition coefficient (Wildman–Crippen LogP) is 1.59. The summed E-state index contributed by atoms with van der Waals surface area (Å²) in [7, 11) is 0. The Balaban J connectivity index is 1.42. The number of likely N-dealkylation sites (tertiary alicyclic amines) is 1. The van der Waals surface area contributed by atoms with Crippen LogP contribution in [0.15, 0.2) is 12.1 Å². The van der Waals surface area contributed by atoms with Crippen molar-refractivity contribution in [1.82, 2.24) is 24.7 Å². The second-order valence-corrected chi connectivity index (χ2v) is 7.72. The number of amides is 1. The van der Waals surface area contributed by atoms with Gasteiger partial charge in [0.25, 0.3) is 5.82 Å². The molecule has 0 radical (unpaired) electrons. The van der Waals surface area contributed by atoms with E-state index in [4.69, 9.17) is 0 Å². The first-order valence-electron chi connectivity index (χ1n) is 9.81. The number of carbonyl (C=O) groups is 1. The van der Waals surface area contributed by atoms with Gasteiger partial charge in [-0.25, -0.2) is 0 Å². The van der Waals surface area contributed by atoms with Crippen LogP contribution in [-0.2, 0) is 11.0 Å². The number of aliphatic hydroxyl groups is 1. The van der Waals surface area contributed by atoms with Crippen LogP contribution in [-0.4, -0.2) is 68.5 Å². The van der Waals surface area contributed by atoms with Gasteiger partial charge in [0.15, 0.2) is 5.65 Å². The number of carbonyl (C=O) groups excluding carboxylic acids is 1. The highest BCUT2D eigenvalue weighted by Crippen LogP contribution is 2.29. The highest BCUT2D eigenvalue weighted by Gasteiger charge is 2.38. The van der Waals surface area contributed by atoms with E-state index in [0.717, 1.165) is 23.9 Å². The van der Waals surface area contributed by atoms with Crippen molar-refractivity contribution in [2.24, 2.45) is 11.8 Å². The van der Waals surface area contributed by atoms with E-state index in [2.05, 4.69) is 15.3 Å². The lowest BCUT2D eigenvalue weighted by atomic mass is 9.92. The average molecular weight is 412 g/mol. The number of halogens is 3. The molecule has 4 heterocycles. The molecule has 2 saturated heterocycles. The number of aromatic nitrogens is 4. The quantitative estimate of drug-likeness (QED) is 0.824. The van der Waals surface area contributed by atoms with Crippen molar-refractivity contribution >= 4 is 17.4 Å². The molecule has 1 N–H and O–H groups in total. The number of aliphatic hydroxyl groups excluding tert-OH is 1. The smallest absolute Gasteiger partial charge is 0.396 e. The minimum absolute atomic E-state index is 0.0367. The first-order valence-corrected chi connectivity index (χ1v) is 9.81. The zero-order chi connectivity index (χ0) is 20.6. The third-order valence-electron chi connectivity index (χ3n) is 5.76. The molecule has 1 unspecified atom stereocenters. The zero-order valence-corrected chi connectivity index (χ0v) is 15.8. The Labute approximate surface area is 165 Å². The Morgan fingerprint density at radius 3 is 2.59 bits per heavy atom. The third kappa shape index (κ3) is 4.00. The number of piperidine rings is 2. The summed E-state index contributed by atoms with van der Waals surface area (Å²) in [6, 6.07) is 3.09. The van der Waals surface area contributed by atoms with E-state index >= 15 is 0 Å². The maximum Gasteiger partial charge on any atom is 0.453 e. The molecule has 4 rings (SSSR count). The van der Waals surface area contributed by atoms with Crippen LogP contribution in [0.1, 0.15) is 31.5 Å². The van der Waals surface area contributed by atoms with Crippen molar-refractivity contribution in [3.8, 4) is 0 Å². The van der Waals surface area contributed by atoms with Gasteiger partial charge in [0.2, 0.25) is 5.91 Å². The fraction of sp³-hybridized carbons (Fsp3) is 0.667. The van der Waals surface area contributed by atoms with Crippen molar-refractivity contribution in [2.45, 2.75) is 31.9 Å². The van der Waals surface area contributed by atoms with Gasteiger partial charge >= 0.3 is 6.18 Å². The largest absolute Gasteiger partial charge is 0.453 e. The summed E-state index contributed by atoms with van der Waals surface area (Å²) in [6.07, 6.45) is -1.55.